The Morgan fingerprint density at radius 3 is 2.18 bits per heavy atom. The summed E-state index contributed by atoms with van der Waals surface area (Å²) in [4.78, 5) is 24.6. The van der Waals surface area contributed by atoms with Crippen LogP contribution in [0.15, 0.2) is 35.8 Å². The summed E-state index contributed by atoms with van der Waals surface area (Å²) in [5.41, 5.74) is 7.85. The number of hydrogen-bond acceptors (Lipinski definition) is 6. The summed E-state index contributed by atoms with van der Waals surface area (Å²) in [5.74, 6) is 5.19. The number of hydrazine groups is 1. The second-order valence-electron chi connectivity index (χ2n) is 7.54. The SMILES string of the molecule is CN(N)/C(NC(=O)O)=C(\N)C1CCN(c2ccc(C3(C(=O)O)CC3)cc2)CC1. The number of hydrogen-bond donors (Lipinski definition) is 5. The topological polar surface area (TPSA) is 145 Å². The predicted molar refractivity (Wildman–Crippen MR) is 104 cm³/mol. The summed E-state index contributed by atoms with van der Waals surface area (Å²) in [6, 6.07) is 7.77. The number of benzene rings is 1. The standard InChI is InChI=1S/C19H27N5O4/c1-23(21)16(22-18(27)28)15(20)12-6-10-24(11-7-12)14-4-2-13(3-5-14)19(8-9-19)17(25)26/h2-5,12,22H,6-11,20-21H2,1H3,(H,25,26)(H,27,28)/b16-15-. The van der Waals surface area contributed by atoms with E-state index in [1.807, 2.05) is 24.3 Å². The van der Waals surface area contributed by atoms with E-state index < -0.39 is 17.5 Å². The minimum atomic E-state index is -1.21. The number of carboxylic acids is 1. The molecular weight excluding hydrogens is 362 g/mol. The third kappa shape index (κ3) is 3.84. The smallest absolute Gasteiger partial charge is 0.410 e. The first kappa shape index (κ1) is 19.8. The van der Waals surface area contributed by atoms with Gasteiger partial charge in [0.25, 0.3) is 0 Å². The first-order chi connectivity index (χ1) is 13.2. The van der Waals surface area contributed by atoms with Gasteiger partial charge in [-0.05, 0) is 43.4 Å². The van der Waals surface area contributed by atoms with Gasteiger partial charge in [0.2, 0.25) is 0 Å². The Labute approximate surface area is 163 Å². The van der Waals surface area contributed by atoms with Crippen molar-refractivity contribution < 1.29 is 19.8 Å². The number of aliphatic carboxylic acids is 1. The number of nitrogens with zero attached hydrogens (tertiary/aromatic N) is 2. The second-order valence-corrected chi connectivity index (χ2v) is 7.54. The molecule has 1 saturated carbocycles. The lowest BCUT2D eigenvalue weighted by atomic mass is 9.92. The van der Waals surface area contributed by atoms with Gasteiger partial charge in [0, 0.05) is 31.7 Å². The maximum Gasteiger partial charge on any atom is 0.410 e. The molecule has 1 aliphatic heterocycles. The van der Waals surface area contributed by atoms with Crippen molar-refractivity contribution in [3.05, 3.63) is 41.3 Å². The maximum atomic E-state index is 11.5. The molecule has 0 atom stereocenters. The third-order valence-electron chi connectivity index (χ3n) is 5.73. The highest BCUT2D eigenvalue weighted by atomic mass is 16.4. The summed E-state index contributed by atoms with van der Waals surface area (Å²) >= 11 is 0. The monoisotopic (exact) mass is 389 g/mol. The van der Waals surface area contributed by atoms with Crippen molar-refractivity contribution in [3.63, 3.8) is 0 Å². The van der Waals surface area contributed by atoms with E-state index in [0.717, 1.165) is 37.2 Å². The van der Waals surface area contributed by atoms with Crippen LogP contribution in [0.3, 0.4) is 0 Å². The van der Waals surface area contributed by atoms with Gasteiger partial charge in [-0.1, -0.05) is 12.1 Å². The van der Waals surface area contributed by atoms with Gasteiger partial charge in [-0.3, -0.25) is 15.1 Å². The minimum absolute atomic E-state index is 0.0325. The molecule has 1 heterocycles. The molecule has 1 saturated heterocycles. The number of amides is 1. The molecule has 1 aromatic rings. The molecule has 9 nitrogen and oxygen atoms in total. The summed E-state index contributed by atoms with van der Waals surface area (Å²) in [6.07, 6.45) is 1.72. The molecule has 1 aromatic carbocycles. The Morgan fingerprint density at radius 1 is 1.18 bits per heavy atom. The molecule has 0 unspecified atom stereocenters. The number of anilines is 1. The summed E-state index contributed by atoms with van der Waals surface area (Å²) in [6.45, 7) is 1.53. The second kappa shape index (κ2) is 7.59. The van der Waals surface area contributed by atoms with Gasteiger partial charge in [-0.2, -0.15) is 0 Å². The van der Waals surface area contributed by atoms with E-state index in [2.05, 4.69) is 10.2 Å². The van der Waals surface area contributed by atoms with Crippen LogP contribution in [0.2, 0.25) is 0 Å². The normalized spacial score (nSPS) is 19.6. The molecular formula is C19H27N5O4. The van der Waals surface area contributed by atoms with Gasteiger partial charge < -0.3 is 20.8 Å². The van der Waals surface area contributed by atoms with Crippen LogP contribution in [0.1, 0.15) is 31.2 Å². The van der Waals surface area contributed by atoms with Gasteiger partial charge in [0.05, 0.1) is 11.1 Å². The fourth-order valence-corrected chi connectivity index (χ4v) is 3.85. The van der Waals surface area contributed by atoms with E-state index in [1.165, 1.54) is 5.01 Å². The lowest BCUT2D eigenvalue weighted by Gasteiger charge is -2.35. The molecule has 2 aliphatic rings. The highest BCUT2D eigenvalue weighted by molar-refractivity contribution is 5.85. The molecule has 28 heavy (non-hydrogen) atoms. The van der Waals surface area contributed by atoms with E-state index in [0.29, 0.717) is 18.5 Å². The van der Waals surface area contributed by atoms with Crippen LogP contribution >= 0.6 is 0 Å². The van der Waals surface area contributed by atoms with Gasteiger partial charge in [-0.25, -0.2) is 10.6 Å². The molecule has 2 fully saturated rings. The van der Waals surface area contributed by atoms with Crippen LogP contribution in [-0.4, -0.2) is 47.4 Å². The highest BCUT2D eigenvalue weighted by Crippen LogP contribution is 2.48. The molecule has 1 aliphatic carbocycles. The Morgan fingerprint density at radius 2 is 1.75 bits per heavy atom. The van der Waals surface area contributed by atoms with Crippen LogP contribution in [0.4, 0.5) is 10.5 Å². The molecule has 0 spiro atoms. The first-order valence-corrected chi connectivity index (χ1v) is 9.31. The zero-order chi connectivity index (χ0) is 20.5. The average Bonchev–Trinajstić information content (AvgIpc) is 3.48. The van der Waals surface area contributed by atoms with E-state index >= 15 is 0 Å². The summed E-state index contributed by atoms with van der Waals surface area (Å²) in [7, 11) is 1.54. The number of allylic oxidation sites excluding steroid dienone is 1. The Hall–Kier alpha value is -2.94. The number of nitrogens with two attached hydrogens (primary N) is 2. The van der Waals surface area contributed by atoms with Crippen molar-refractivity contribution in [2.24, 2.45) is 17.5 Å². The molecule has 0 bridgehead atoms. The number of carboxylic acid groups (broad SMARTS) is 2. The van der Waals surface area contributed by atoms with Crippen LogP contribution < -0.4 is 21.8 Å². The van der Waals surface area contributed by atoms with Crippen molar-refractivity contribution >= 4 is 17.7 Å². The molecule has 3 rings (SSSR count). The van der Waals surface area contributed by atoms with Gasteiger partial charge in [0.1, 0.15) is 5.82 Å². The predicted octanol–water partition coefficient (Wildman–Crippen LogP) is 1.22. The largest absolute Gasteiger partial charge is 0.481 e. The van der Waals surface area contributed by atoms with E-state index in [9.17, 15) is 14.7 Å². The average molecular weight is 389 g/mol. The first-order valence-electron chi connectivity index (χ1n) is 9.31. The van der Waals surface area contributed by atoms with E-state index in [4.69, 9.17) is 16.7 Å². The maximum absolute atomic E-state index is 11.5. The summed E-state index contributed by atoms with van der Waals surface area (Å²) in [5, 5.41) is 21.8. The van der Waals surface area contributed by atoms with Crippen molar-refractivity contribution in [3.8, 4) is 0 Å². The minimum Gasteiger partial charge on any atom is -0.481 e. The Balaban J connectivity index is 1.65. The molecule has 152 valence electrons. The highest BCUT2D eigenvalue weighted by Gasteiger charge is 2.51. The number of rotatable bonds is 6. The van der Waals surface area contributed by atoms with Crippen molar-refractivity contribution in [1.82, 2.24) is 10.3 Å². The molecule has 7 N–H and O–H groups in total. The number of piperidine rings is 1. The van der Waals surface area contributed by atoms with Crippen molar-refractivity contribution in [2.75, 3.05) is 25.0 Å². The lowest BCUT2D eigenvalue weighted by molar-refractivity contribution is -0.140. The van der Waals surface area contributed by atoms with Gasteiger partial charge in [-0.15, -0.1) is 0 Å². The molecule has 1 amide bonds. The van der Waals surface area contributed by atoms with Crippen LogP contribution in [0.5, 0.6) is 0 Å². The van der Waals surface area contributed by atoms with E-state index in [1.54, 1.807) is 7.05 Å². The van der Waals surface area contributed by atoms with Crippen molar-refractivity contribution in [1.29, 1.82) is 0 Å². The van der Waals surface area contributed by atoms with Gasteiger partial charge >= 0.3 is 12.1 Å². The van der Waals surface area contributed by atoms with E-state index in [-0.39, 0.29) is 11.7 Å². The molecule has 9 heteroatoms. The summed E-state index contributed by atoms with van der Waals surface area (Å²) < 4.78 is 0. The quantitative estimate of drug-likeness (QED) is 0.361. The molecule has 0 aromatic heterocycles. The number of nitrogens with one attached hydrogen (secondary N) is 1. The fraction of sp³-hybridized carbons (Fsp3) is 0.474. The van der Waals surface area contributed by atoms with Crippen LogP contribution in [0.25, 0.3) is 0 Å². The Kier molecular flexibility index (Phi) is 5.37. The zero-order valence-corrected chi connectivity index (χ0v) is 15.9. The Bertz CT molecular complexity index is 778. The van der Waals surface area contributed by atoms with Crippen molar-refractivity contribution in [2.45, 2.75) is 31.1 Å². The molecule has 0 radical (unpaired) electrons. The lowest BCUT2D eigenvalue weighted by Crippen LogP contribution is -2.42. The van der Waals surface area contributed by atoms with Crippen LogP contribution in [0, 0.1) is 5.92 Å². The van der Waals surface area contributed by atoms with Crippen LogP contribution in [-0.2, 0) is 10.2 Å². The third-order valence-corrected chi connectivity index (χ3v) is 5.73. The fourth-order valence-electron chi connectivity index (χ4n) is 3.85. The number of carbonyl (C=O) groups is 2. The van der Waals surface area contributed by atoms with Gasteiger partial charge in [0.15, 0.2) is 0 Å². The zero-order valence-electron chi connectivity index (χ0n) is 15.9.